The molecular weight excluding hydrogens is 198 g/mol. The second kappa shape index (κ2) is 3.19. The van der Waals surface area contributed by atoms with Gasteiger partial charge in [0, 0.05) is 17.3 Å². The summed E-state index contributed by atoms with van der Waals surface area (Å²) in [6, 6.07) is 10.1. The van der Waals surface area contributed by atoms with Crippen molar-refractivity contribution in [1.82, 2.24) is 9.78 Å². The summed E-state index contributed by atoms with van der Waals surface area (Å²) in [4.78, 5) is 0. The van der Waals surface area contributed by atoms with Gasteiger partial charge < -0.3 is 5.73 Å². The average molecular weight is 213 g/mol. The number of hydrogen-bond acceptors (Lipinski definition) is 2. The van der Waals surface area contributed by atoms with Crippen LogP contribution in [0.1, 0.15) is 18.9 Å². The SMILES string of the molecule is C[C@H]1C[C@@]1(N)c1cnn(-c2ccccc2)c1. The van der Waals surface area contributed by atoms with E-state index in [9.17, 15) is 0 Å². The molecule has 2 atom stereocenters. The fourth-order valence-corrected chi connectivity index (χ4v) is 2.14. The van der Waals surface area contributed by atoms with Crippen LogP contribution in [0.2, 0.25) is 0 Å². The lowest BCUT2D eigenvalue weighted by Crippen LogP contribution is -2.20. The van der Waals surface area contributed by atoms with Gasteiger partial charge >= 0.3 is 0 Å². The molecule has 3 rings (SSSR count). The smallest absolute Gasteiger partial charge is 0.0645 e. The number of nitrogens with zero attached hydrogens (tertiary/aromatic N) is 2. The summed E-state index contributed by atoms with van der Waals surface area (Å²) < 4.78 is 1.88. The van der Waals surface area contributed by atoms with Crippen LogP contribution < -0.4 is 5.73 Å². The molecule has 0 unspecified atom stereocenters. The molecule has 1 saturated carbocycles. The average Bonchev–Trinajstić information content (AvgIpc) is 2.77. The Morgan fingerprint density at radius 2 is 2.06 bits per heavy atom. The quantitative estimate of drug-likeness (QED) is 0.830. The van der Waals surface area contributed by atoms with Gasteiger partial charge in [0.25, 0.3) is 0 Å². The lowest BCUT2D eigenvalue weighted by Gasteiger charge is -2.05. The third-order valence-corrected chi connectivity index (χ3v) is 3.50. The largest absolute Gasteiger partial charge is 0.321 e. The predicted octanol–water partition coefficient (Wildman–Crippen LogP) is 2.07. The number of rotatable bonds is 2. The summed E-state index contributed by atoms with van der Waals surface area (Å²) in [7, 11) is 0. The van der Waals surface area contributed by atoms with Crippen molar-refractivity contribution >= 4 is 0 Å². The van der Waals surface area contributed by atoms with E-state index < -0.39 is 0 Å². The van der Waals surface area contributed by atoms with Gasteiger partial charge in [0.2, 0.25) is 0 Å². The zero-order valence-corrected chi connectivity index (χ0v) is 9.30. The molecule has 16 heavy (non-hydrogen) atoms. The fraction of sp³-hybridized carbons (Fsp3) is 0.308. The first-order valence-electron chi connectivity index (χ1n) is 5.59. The maximum Gasteiger partial charge on any atom is 0.0645 e. The van der Waals surface area contributed by atoms with Gasteiger partial charge in [-0.25, -0.2) is 4.68 Å². The normalized spacial score (nSPS) is 28.0. The summed E-state index contributed by atoms with van der Waals surface area (Å²) in [6.07, 6.45) is 4.99. The van der Waals surface area contributed by atoms with Crippen LogP contribution >= 0.6 is 0 Å². The van der Waals surface area contributed by atoms with Crippen LogP contribution in [0.4, 0.5) is 0 Å². The minimum Gasteiger partial charge on any atom is -0.321 e. The van der Waals surface area contributed by atoms with E-state index in [4.69, 9.17) is 5.73 Å². The zero-order valence-electron chi connectivity index (χ0n) is 9.30. The third kappa shape index (κ3) is 1.36. The number of benzene rings is 1. The first-order chi connectivity index (χ1) is 7.70. The second-order valence-electron chi connectivity index (χ2n) is 4.65. The Labute approximate surface area is 94.9 Å². The van der Waals surface area contributed by atoms with Gasteiger partial charge in [-0.15, -0.1) is 0 Å². The summed E-state index contributed by atoms with van der Waals surface area (Å²) in [5, 5.41) is 4.36. The zero-order chi connectivity index (χ0) is 11.2. The molecule has 0 radical (unpaired) electrons. The molecule has 1 aliphatic carbocycles. The molecule has 1 aromatic heterocycles. The predicted molar refractivity (Wildman–Crippen MR) is 63.2 cm³/mol. The van der Waals surface area contributed by atoms with Crippen LogP contribution in [0, 0.1) is 5.92 Å². The molecular formula is C13H15N3. The molecule has 0 bridgehead atoms. The Hall–Kier alpha value is -1.61. The monoisotopic (exact) mass is 213 g/mol. The molecule has 82 valence electrons. The third-order valence-electron chi connectivity index (χ3n) is 3.50. The van der Waals surface area contributed by atoms with Crippen molar-refractivity contribution in [2.24, 2.45) is 11.7 Å². The molecule has 3 heteroatoms. The van der Waals surface area contributed by atoms with E-state index in [1.165, 1.54) is 0 Å². The van der Waals surface area contributed by atoms with Crippen LogP contribution in [0.25, 0.3) is 5.69 Å². The van der Waals surface area contributed by atoms with Crippen molar-refractivity contribution in [1.29, 1.82) is 0 Å². The summed E-state index contributed by atoms with van der Waals surface area (Å²) >= 11 is 0. The fourth-order valence-electron chi connectivity index (χ4n) is 2.14. The highest BCUT2D eigenvalue weighted by molar-refractivity contribution is 5.34. The number of nitrogens with two attached hydrogens (primary N) is 1. The maximum atomic E-state index is 6.25. The minimum absolute atomic E-state index is 0.132. The first-order valence-corrected chi connectivity index (χ1v) is 5.59. The van der Waals surface area contributed by atoms with Gasteiger partial charge in [0.1, 0.15) is 0 Å². The highest BCUT2D eigenvalue weighted by Gasteiger charge is 2.49. The van der Waals surface area contributed by atoms with Crippen molar-refractivity contribution in [2.75, 3.05) is 0 Å². The van der Waals surface area contributed by atoms with Gasteiger partial charge in [0.05, 0.1) is 11.9 Å². The van der Waals surface area contributed by atoms with Gasteiger partial charge in [-0.1, -0.05) is 25.1 Å². The Morgan fingerprint density at radius 3 is 2.69 bits per heavy atom. The molecule has 1 aromatic carbocycles. The lowest BCUT2D eigenvalue weighted by molar-refractivity contribution is 0.664. The van der Waals surface area contributed by atoms with Crippen LogP contribution in [-0.2, 0) is 5.54 Å². The number of hydrogen-bond donors (Lipinski definition) is 1. The Kier molecular flexibility index (Phi) is 1.91. The molecule has 1 heterocycles. The molecule has 0 saturated heterocycles. The molecule has 3 nitrogen and oxygen atoms in total. The van der Waals surface area contributed by atoms with E-state index >= 15 is 0 Å². The van der Waals surface area contributed by atoms with Crippen molar-refractivity contribution in [3.8, 4) is 5.69 Å². The molecule has 2 N–H and O–H groups in total. The van der Waals surface area contributed by atoms with Crippen LogP contribution in [-0.4, -0.2) is 9.78 Å². The maximum absolute atomic E-state index is 6.25. The van der Waals surface area contributed by atoms with Crippen molar-refractivity contribution in [3.63, 3.8) is 0 Å². The van der Waals surface area contributed by atoms with E-state index in [-0.39, 0.29) is 5.54 Å². The van der Waals surface area contributed by atoms with Gasteiger partial charge in [0.15, 0.2) is 0 Å². The van der Waals surface area contributed by atoms with Crippen molar-refractivity contribution in [3.05, 3.63) is 48.3 Å². The topological polar surface area (TPSA) is 43.8 Å². The van der Waals surface area contributed by atoms with E-state index in [1.54, 1.807) is 0 Å². The second-order valence-corrected chi connectivity index (χ2v) is 4.65. The van der Waals surface area contributed by atoms with Gasteiger partial charge in [-0.05, 0) is 24.5 Å². The van der Waals surface area contributed by atoms with Crippen molar-refractivity contribution < 1.29 is 0 Å². The van der Waals surface area contributed by atoms with Crippen LogP contribution in [0.3, 0.4) is 0 Å². The molecule has 0 amide bonds. The Morgan fingerprint density at radius 1 is 1.38 bits per heavy atom. The minimum atomic E-state index is -0.132. The van der Waals surface area contributed by atoms with Crippen molar-refractivity contribution in [2.45, 2.75) is 18.9 Å². The first kappa shape index (κ1) is 9.60. The van der Waals surface area contributed by atoms with Crippen LogP contribution in [0.5, 0.6) is 0 Å². The van der Waals surface area contributed by atoms with E-state index in [2.05, 4.69) is 12.0 Å². The molecule has 1 aliphatic rings. The molecule has 2 aromatic rings. The van der Waals surface area contributed by atoms with Gasteiger partial charge in [-0.2, -0.15) is 5.10 Å². The Bertz CT molecular complexity index is 503. The van der Waals surface area contributed by atoms with E-state index in [1.807, 2.05) is 47.4 Å². The standard InChI is InChI=1S/C13H15N3/c1-10-7-13(10,14)11-8-15-16(9-11)12-5-3-2-4-6-12/h2-6,8-10H,7,14H2,1H3/t10-,13-/m0/s1. The molecule has 1 fully saturated rings. The summed E-state index contributed by atoms with van der Waals surface area (Å²) in [5.41, 5.74) is 8.33. The number of aromatic nitrogens is 2. The van der Waals surface area contributed by atoms with E-state index in [0.29, 0.717) is 5.92 Å². The highest BCUT2D eigenvalue weighted by Crippen LogP contribution is 2.48. The Balaban J connectivity index is 1.95. The molecule has 0 spiro atoms. The van der Waals surface area contributed by atoms with E-state index in [0.717, 1.165) is 17.7 Å². The molecule has 0 aliphatic heterocycles. The van der Waals surface area contributed by atoms with Gasteiger partial charge in [-0.3, -0.25) is 0 Å². The highest BCUT2D eigenvalue weighted by atomic mass is 15.3. The summed E-state index contributed by atoms with van der Waals surface area (Å²) in [5.74, 6) is 0.570. The lowest BCUT2D eigenvalue weighted by atomic mass is 10.1. The van der Waals surface area contributed by atoms with Crippen LogP contribution in [0.15, 0.2) is 42.7 Å². The number of para-hydroxylation sites is 1. The summed E-state index contributed by atoms with van der Waals surface area (Å²) in [6.45, 7) is 2.18.